The monoisotopic (exact) mass is 315 g/mol. The number of benzene rings is 1. The lowest BCUT2D eigenvalue weighted by molar-refractivity contribution is 1.07. The first-order valence-electron chi connectivity index (χ1n) is 6.82. The Bertz CT molecular complexity index is 752. The fraction of sp³-hybridized carbons (Fsp3) is 0.250. The minimum absolute atomic E-state index is 0.830. The van der Waals surface area contributed by atoms with Gasteiger partial charge >= 0.3 is 0 Å². The van der Waals surface area contributed by atoms with Crippen LogP contribution in [0.4, 0.5) is 5.82 Å². The highest BCUT2D eigenvalue weighted by atomic mass is 32.2. The van der Waals surface area contributed by atoms with E-state index in [0.29, 0.717) is 0 Å². The first kappa shape index (κ1) is 14.4. The van der Waals surface area contributed by atoms with Gasteiger partial charge < -0.3 is 5.32 Å². The number of aromatic nitrogens is 2. The van der Waals surface area contributed by atoms with Crippen LogP contribution in [0.15, 0.2) is 35.7 Å². The summed E-state index contributed by atoms with van der Waals surface area (Å²) < 4.78 is 0. The zero-order chi connectivity index (χ0) is 14.7. The molecule has 5 heteroatoms. The van der Waals surface area contributed by atoms with E-state index in [0.717, 1.165) is 33.4 Å². The number of nitrogens with one attached hydrogen (secondary N) is 1. The second kappa shape index (κ2) is 6.45. The molecule has 0 aliphatic heterocycles. The molecule has 2 aromatic heterocycles. The molecule has 1 N–H and O–H groups in total. The molecule has 0 bridgehead atoms. The van der Waals surface area contributed by atoms with Crippen LogP contribution in [0.3, 0.4) is 0 Å². The Morgan fingerprint density at radius 2 is 2.00 bits per heavy atom. The van der Waals surface area contributed by atoms with Gasteiger partial charge in [0.25, 0.3) is 0 Å². The van der Waals surface area contributed by atoms with E-state index >= 15 is 0 Å². The van der Waals surface area contributed by atoms with Gasteiger partial charge in [0, 0.05) is 12.8 Å². The average molecular weight is 315 g/mol. The zero-order valence-corrected chi connectivity index (χ0v) is 13.7. The molecule has 0 aliphatic rings. The highest BCUT2D eigenvalue weighted by Crippen LogP contribution is 2.26. The number of nitrogens with zero attached hydrogens (tertiary/aromatic N) is 2. The van der Waals surface area contributed by atoms with Crippen LogP contribution in [0.25, 0.3) is 10.2 Å². The summed E-state index contributed by atoms with van der Waals surface area (Å²) in [5.41, 5.74) is 2.73. The Hall–Kier alpha value is -1.59. The molecule has 0 saturated carbocycles. The Labute approximate surface area is 132 Å². The number of anilines is 1. The SMILES string of the molecule is CNc1nc(CSCc2ccccc2C)nc2sccc12. The van der Waals surface area contributed by atoms with Crippen LogP contribution >= 0.6 is 23.1 Å². The third kappa shape index (κ3) is 3.19. The summed E-state index contributed by atoms with van der Waals surface area (Å²) in [4.78, 5) is 10.3. The lowest BCUT2D eigenvalue weighted by Crippen LogP contribution is -1.99. The van der Waals surface area contributed by atoms with E-state index in [9.17, 15) is 0 Å². The van der Waals surface area contributed by atoms with Crippen LogP contribution in [-0.2, 0) is 11.5 Å². The van der Waals surface area contributed by atoms with Gasteiger partial charge in [0.1, 0.15) is 16.5 Å². The lowest BCUT2D eigenvalue weighted by Gasteiger charge is -2.07. The average Bonchev–Trinajstić information content (AvgIpc) is 2.97. The third-order valence-electron chi connectivity index (χ3n) is 3.36. The van der Waals surface area contributed by atoms with Gasteiger partial charge in [0.15, 0.2) is 0 Å². The molecule has 0 unspecified atom stereocenters. The molecule has 2 heterocycles. The normalized spacial score (nSPS) is 11.0. The van der Waals surface area contributed by atoms with Gasteiger partial charge in [-0.05, 0) is 29.5 Å². The van der Waals surface area contributed by atoms with Gasteiger partial charge in [-0.15, -0.1) is 23.1 Å². The second-order valence-corrected chi connectivity index (χ2v) is 6.68. The molecule has 21 heavy (non-hydrogen) atoms. The van der Waals surface area contributed by atoms with Crippen molar-refractivity contribution in [1.82, 2.24) is 9.97 Å². The van der Waals surface area contributed by atoms with Gasteiger partial charge in [-0.2, -0.15) is 0 Å². The molecule has 0 saturated heterocycles. The summed E-state index contributed by atoms with van der Waals surface area (Å²) in [5, 5.41) is 6.33. The molecule has 3 nitrogen and oxygen atoms in total. The van der Waals surface area contributed by atoms with Crippen molar-refractivity contribution in [2.75, 3.05) is 12.4 Å². The molecule has 3 rings (SSSR count). The van der Waals surface area contributed by atoms with Gasteiger partial charge in [-0.3, -0.25) is 0 Å². The van der Waals surface area contributed by atoms with Crippen LogP contribution in [-0.4, -0.2) is 17.0 Å². The van der Waals surface area contributed by atoms with E-state index in [1.807, 2.05) is 18.8 Å². The van der Waals surface area contributed by atoms with Gasteiger partial charge in [-0.25, -0.2) is 9.97 Å². The summed E-state index contributed by atoms with van der Waals surface area (Å²) in [6.07, 6.45) is 0. The van der Waals surface area contributed by atoms with Crippen LogP contribution in [0.2, 0.25) is 0 Å². The Morgan fingerprint density at radius 1 is 1.14 bits per heavy atom. The van der Waals surface area contributed by atoms with Crippen molar-refractivity contribution in [3.05, 3.63) is 52.7 Å². The molecule has 0 atom stereocenters. The molecule has 0 radical (unpaired) electrons. The fourth-order valence-corrected chi connectivity index (χ4v) is 3.92. The molecule has 0 spiro atoms. The largest absolute Gasteiger partial charge is 0.372 e. The van der Waals surface area contributed by atoms with Crippen LogP contribution < -0.4 is 5.32 Å². The van der Waals surface area contributed by atoms with Crippen molar-refractivity contribution in [2.45, 2.75) is 18.4 Å². The van der Waals surface area contributed by atoms with E-state index in [4.69, 9.17) is 0 Å². The molecule has 3 aromatic rings. The Morgan fingerprint density at radius 3 is 2.81 bits per heavy atom. The van der Waals surface area contributed by atoms with Crippen molar-refractivity contribution in [3.8, 4) is 0 Å². The maximum absolute atomic E-state index is 4.64. The molecular formula is C16H17N3S2. The third-order valence-corrected chi connectivity index (χ3v) is 5.14. The highest BCUT2D eigenvalue weighted by molar-refractivity contribution is 7.97. The van der Waals surface area contributed by atoms with Crippen molar-refractivity contribution in [2.24, 2.45) is 0 Å². The fourth-order valence-electron chi connectivity index (χ4n) is 2.18. The van der Waals surface area contributed by atoms with E-state index in [1.54, 1.807) is 11.3 Å². The first-order chi connectivity index (χ1) is 10.3. The number of thioether (sulfide) groups is 1. The highest BCUT2D eigenvalue weighted by Gasteiger charge is 2.08. The summed E-state index contributed by atoms with van der Waals surface area (Å²) in [6.45, 7) is 2.16. The number of rotatable bonds is 5. The Kier molecular flexibility index (Phi) is 4.41. The zero-order valence-electron chi connectivity index (χ0n) is 12.1. The van der Waals surface area contributed by atoms with E-state index < -0.39 is 0 Å². The van der Waals surface area contributed by atoms with Crippen molar-refractivity contribution in [1.29, 1.82) is 0 Å². The van der Waals surface area contributed by atoms with Crippen molar-refractivity contribution >= 4 is 39.1 Å². The van der Waals surface area contributed by atoms with Crippen LogP contribution in [0.1, 0.15) is 17.0 Å². The first-order valence-corrected chi connectivity index (χ1v) is 8.85. The minimum Gasteiger partial charge on any atom is -0.372 e. The maximum atomic E-state index is 4.64. The van der Waals surface area contributed by atoms with E-state index in [-0.39, 0.29) is 0 Å². The number of fused-ring (bicyclic) bond motifs is 1. The van der Waals surface area contributed by atoms with Crippen molar-refractivity contribution in [3.63, 3.8) is 0 Å². The quantitative estimate of drug-likeness (QED) is 0.753. The molecule has 108 valence electrons. The summed E-state index contributed by atoms with van der Waals surface area (Å²) in [5.74, 6) is 3.64. The topological polar surface area (TPSA) is 37.8 Å². The van der Waals surface area contributed by atoms with E-state index in [2.05, 4.69) is 57.9 Å². The Balaban J connectivity index is 1.72. The number of thiophene rings is 1. The molecule has 0 amide bonds. The van der Waals surface area contributed by atoms with Gasteiger partial charge in [-0.1, -0.05) is 24.3 Å². The molecule has 1 aromatic carbocycles. The number of aryl methyl sites for hydroxylation is 1. The maximum Gasteiger partial charge on any atom is 0.142 e. The number of hydrogen-bond donors (Lipinski definition) is 1. The smallest absolute Gasteiger partial charge is 0.142 e. The van der Waals surface area contributed by atoms with Gasteiger partial charge in [0.2, 0.25) is 0 Å². The molecule has 0 aliphatic carbocycles. The van der Waals surface area contributed by atoms with Gasteiger partial charge in [0.05, 0.1) is 11.1 Å². The van der Waals surface area contributed by atoms with E-state index in [1.165, 1.54) is 11.1 Å². The number of hydrogen-bond acceptors (Lipinski definition) is 5. The minimum atomic E-state index is 0.830. The predicted molar refractivity (Wildman–Crippen MR) is 93.1 cm³/mol. The summed E-state index contributed by atoms with van der Waals surface area (Å²) >= 11 is 3.52. The molecule has 0 fully saturated rings. The summed E-state index contributed by atoms with van der Waals surface area (Å²) in [7, 11) is 1.91. The predicted octanol–water partition coefficient (Wildman–Crippen LogP) is 4.47. The summed E-state index contributed by atoms with van der Waals surface area (Å²) in [6, 6.07) is 10.6. The second-order valence-electron chi connectivity index (χ2n) is 4.80. The van der Waals surface area contributed by atoms with Crippen LogP contribution in [0, 0.1) is 6.92 Å². The standard InChI is InChI=1S/C16H17N3S2/c1-11-5-3-4-6-12(11)9-20-10-14-18-15(17-2)13-7-8-21-16(13)19-14/h3-8H,9-10H2,1-2H3,(H,17,18,19). The van der Waals surface area contributed by atoms with Crippen molar-refractivity contribution < 1.29 is 0 Å². The van der Waals surface area contributed by atoms with Crippen LogP contribution in [0.5, 0.6) is 0 Å². The lowest BCUT2D eigenvalue weighted by atomic mass is 10.1. The molecular weight excluding hydrogens is 298 g/mol.